The first-order valence-corrected chi connectivity index (χ1v) is 7.66. The maximum atomic E-state index is 12.4. The molecule has 0 saturated carbocycles. The van der Waals surface area contributed by atoms with Gasteiger partial charge < -0.3 is 15.1 Å². The van der Waals surface area contributed by atoms with Crippen LogP contribution in [-0.2, 0) is 0 Å². The van der Waals surface area contributed by atoms with Crippen LogP contribution in [0.25, 0.3) is 0 Å². The Kier molecular flexibility index (Phi) is 5.72. The Morgan fingerprint density at radius 2 is 1.73 bits per heavy atom. The average molecular weight is 301 g/mol. The predicted octanol–water partition coefficient (Wildman–Crippen LogP) is 1.38. The lowest BCUT2D eigenvalue weighted by molar-refractivity contribution is 0.0643. The summed E-state index contributed by atoms with van der Waals surface area (Å²) in [6.07, 6.45) is 1.63. The number of carbonyl (C=O) groups excluding carboxylic acids is 2. The van der Waals surface area contributed by atoms with E-state index >= 15 is 0 Å². The van der Waals surface area contributed by atoms with Crippen molar-refractivity contribution >= 4 is 11.8 Å². The number of rotatable bonds is 5. The van der Waals surface area contributed by atoms with Gasteiger partial charge >= 0.3 is 0 Å². The van der Waals surface area contributed by atoms with E-state index in [0.29, 0.717) is 17.7 Å². The van der Waals surface area contributed by atoms with Crippen LogP contribution in [0.3, 0.4) is 0 Å². The van der Waals surface area contributed by atoms with Crippen LogP contribution < -0.4 is 5.32 Å². The Morgan fingerprint density at radius 1 is 1.14 bits per heavy atom. The molecule has 118 valence electrons. The monoisotopic (exact) mass is 301 g/mol. The minimum Gasteiger partial charge on any atom is -0.349 e. The largest absolute Gasteiger partial charge is 0.349 e. The molecule has 1 aliphatic rings. The van der Waals surface area contributed by atoms with Crippen molar-refractivity contribution in [2.75, 3.05) is 39.3 Å². The van der Waals surface area contributed by atoms with E-state index in [9.17, 15) is 9.59 Å². The van der Waals surface area contributed by atoms with Gasteiger partial charge in [0.05, 0.1) is 0 Å². The Balaban J connectivity index is 1.96. The van der Waals surface area contributed by atoms with E-state index in [-0.39, 0.29) is 11.8 Å². The molecule has 5 heteroatoms. The molecule has 1 saturated heterocycles. The topological polar surface area (TPSA) is 52.7 Å². The molecule has 0 radical (unpaired) electrons. The van der Waals surface area contributed by atoms with Crippen LogP contribution in [0.5, 0.6) is 0 Å². The van der Waals surface area contributed by atoms with E-state index in [1.54, 1.807) is 30.3 Å². The average Bonchev–Trinajstić information content (AvgIpc) is 2.59. The molecule has 1 aliphatic heterocycles. The fraction of sp³-hybridized carbons (Fsp3) is 0.412. The van der Waals surface area contributed by atoms with Crippen LogP contribution in [0.15, 0.2) is 36.9 Å². The first kappa shape index (κ1) is 16.2. The van der Waals surface area contributed by atoms with Gasteiger partial charge in [-0.25, -0.2) is 0 Å². The third-order valence-corrected chi connectivity index (χ3v) is 3.91. The number of likely N-dealkylation sites (N-methyl/N-ethyl adjacent to an activating group) is 1. The summed E-state index contributed by atoms with van der Waals surface area (Å²) in [5, 5.41) is 2.71. The van der Waals surface area contributed by atoms with Gasteiger partial charge in [-0.05, 0) is 30.8 Å². The minimum absolute atomic E-state index is 0.0359. The molecular formula is C17H23N3O2. The molecule has 0 spiro atoms. The molecule has 0 bridgehead atoms. The molecule has 1 heterocycles. The van der Waals surface area contributed by atoms with Crippen LogP contribution in [-0.4, -0.2) is 60.9 Å². The number of nitrogens with zero attached hydrogens (tertiary/aromatic N) is 2. The van der Waals surface area contributed by atoms with Crippen molar-refractivity contribution in [3.63, 3.8) is 0 Å². The smallest absolute Gasteiger partial charge is 0.253 e. The molecule has 5 nitrogen and oxygen atoms in total. The highest BCUT2D eigenvalue weighted by Gasteiger charge is 2.21. The highest BCUT2D eigenvalue weighted by molar-refractivity contribution is 5.97. The summed E-state index contributed by atoms with van der Waals surface area (Å²) in [6.45, 7) is 10.5. The van der Waals surface area contributed by atoms with E-state index in [1.807, 2.05) is 4.90 Å². The normalized spacial score (nSPS) is 15.4. The summed E-state index contributed by atoms with van der Waals surface area (Å²) < 4.78 is 0. The molecule has 0 aliphatic carbocycles. The summed E-state index contributed by atoms with van der Waals surface area (Å²) in [7, 11) is 0. The Hall–Kier alpha value is -2.14. The van der Waals surface area contributed by atoms with Gasteiger partial charge in [-0.3, -0.25) is 9.59 Å². The molecule has 0 unspecified atom stereocenters. The van der Waals surface area contributed by atoms with Gasteiger partial charge in [-0.15, -0.1) is 6.58 Å². The van der Waals surface area contributed by atoms with Gasteiger partial charge in [-0.1, -0.05) is 13.0 Å². The maximum Gasteiger partial charge on any atom is 0.253 e. The molecule has 0 atom stereocenters. The molecule has 2 rings (SSSR count). The molecule has 1 fully saturated rings. The number of hydrogen-bond donors (Lipinski definition) is 1. The summed E-state index contributed by atoms with van der Waals surface area (Å²) in [5.41, 5.74) is 1.18. The Morgan fingerprint density at radius 3 is 2.27 bits per heavy atom. The number of benzene rings is 1. The van der Waals surface area contributed by atoms with Crippen molar-refractivity contribution in [2.45, 2.75) is 6.92 Å². The fourth-order valence-electron chi connectivity index (χ4n) is 2.48. The van der Waals surface area contributed by atoms with Crippen LogP contribution >= 0.6 is 0 Å². The summed E-state index contributed by atoms with van der Waals surface area (Å²) in [6, 6.07) is 6.82. The Bertz CT molecular complexity index is 531. The standard InChI is InChI=1S/C17H23N3O2/c1-3-9-18-16(21)14-5-7-15(8-6-14)17(22)20-12-10-19(4-2)11-13-20/h3,5-8H,1,4,9-13H2,2H3,(H,18,21). The second-order valence-corrected chi connectivity index (χ2v) is 5.30. The van der Waals surface area contributed by atoms with Gasteiger partial charge in [0.25, 0.3) is 11.8 Å². The second-order valence-electron chi connectivity index (χ2n) is 5.30. The van der Waals surface area contributed by atoms with Crippen molar-refractivity contribution in [3.05, 3.63) is 48.0 Å². The SMILES string of the molecule is C=CCNC(=O)c1ccc(C(=O)N2CCN(CC)CC2)cc1. The van der Waals surface area contributed by atoms with E-state index in [2.05, 4.69) is 23.7 Å². The number of nitrogens with one attached hydrogen (secondary N) is 1. The van der Waals surface area contributed by atoms with Crippen LogP contribution in [0.2, 0.25) is 0 Å². The van der Waals surface area contributed by atoms with Gasteiger partial charge in [0.2, 0.25) is 0 Å². The second kappa shape index (κ2) is 7.75. The van der Waals surface area contributed by atoms with Gasteiger partial charge in [0.15, 0.2) is 0 Å². The van der Waals surface area contributed by atoms with Crippen molar-refractivity contribution in [3.8, 4) is 0 Å². The molecular weight excluding hydrogens is 278 g/mol. The number of carbonyl (C=O) groups is 2. The van der Waals surface area contributed by atoms with Crippen LogP contribution in [0.1, 0.15) is 27.6 Å². The summed E-state index contributed by atoms with van der Waals surface area (Å²) >= 11 is 0. The highest BCUT2D eigenvalue weighted by atomic mass is 16.2. The van der Waals surface area contributed by atoms with E-state index in [0.717, 1.165) is 32.7 Å². The van der Waals surface area contributed by atoms with Gasteiger partial charge in [0.1, 0.15) is 0 Å². The maximum absolute atomic E-state index is 12.4. The fourth-order valence-corrected chi connectivity index (χ4v) is 2.48. The number of piperazine rings is 1. The first-order chi connectivity index (χ1) is 10.7. The van der Waals surface area contributed by atoms with E-state index in [1.165, 1.54) is 0 Å². The highest BCUT2D eigenvalue weighted by Crippen LogP contribution is 2.10. The third-order valence-electron chi connectivity index (χ3n) is 3.91. The van der Waals surface area contributed by atoms with Gasteiger partial charge in [-0.2, -0.15) is 0 Å². The zero-order chi connectivity index (χ0) is 15.9. The zero-order valence-corrected chi connectivity index (χ0v) is 13.0. The minimum atomic E-state index is -0.157. The number of amides is 2. The van der Waals surface area contributed by atoms with Crippen LogP contribution in [0.4, 0.5) is 0 Å². The molecule has 22 heavy (non-hydrogen) atoms. The molecule has 2 amide bonds. The lowest BCUT2D eigenvalue weighted by atomic mass is 10.1. The van der Waals surface area contributed by atoms with Crippen molar-refractivity contribution < 1.29 is 9.59 Å². The lowest BCUT2D eigenvalue weighted by Gasteiger charge is -2.34. The predicted molar refractivity (Wildman–Crippen MR) is 87.0 cm³/mol. The molecule has 1 N–H and O–H groups in total. The molecule has 1 aromatic rings. The van der Waals surface area contributed by atoms with E-state index in [4.69, 9.17) is 0 Å². The molecule has 0 aromatic heterocycles. The summed E-state index contributed by atoms with van der Waals surface area (Å²) in [4.78, 5) is 28.4. The van der Waals surface area contributed by atoms with Crippen molar-refractivity contribution in [1.82, 2.24) is 15.1 Å². The zero-order valence-electron chi connectivity index (χ0n) is 13.0. The quantitative estimate of drug-likeness (QED) is 0.836. The van der Waals surface area contributed by atoms with Crippen LogP contribution in [0, 0.1) is 0 Å². The number of hydrogen-bond acceptors (Lipinski definition) is 3. The summed E-state index contributed by atoms with van der Waals surface area (Å²) in [5.74, 6) is -0.121. The van der Waals surface area contributed by atoms with Crippen molar-refractivity contribution in [1.29, 1.82) is 0 Å². The molecule has 1 aromatic carbocycles. The lowest BCUT2D eigenvalue weighted by Crippen LogP contribution is -2.48. The van der Waals surface area contributed by atoms with Gasteiger partial charge in [0, 0.05) is 43.9 Å². The van der Waals surface area contributed by atoms with E-state index < -0.39 is 0 Å². The Labute approximate surface area is 131 Å². The third kappa shape index (κ3) is 3.95. The van der Waals surface area contributed by atoms with Crippen molar-refractivity contribution in [2.24, 2.45) is 0 Å². The first-order valence-electron chi connectivity index (χ1n) is 7.66.